The molecule has 1 saturated carbocycles. The van der Waals surface area contributed by atoms with Crippen LogP contribution in [-0.2, 0) is 9.59 Å². The van der Waals surface area contributed by atoms with Gasteiger partial charge in [-0.05, 0) is 31.9 Å². The zero-order chi connectivity index (χ0) is 12.6. The van der Waals surface area contributed by atoms with E-state index in [0.29, 0.717) is 18.9 Å². The van der Waals surface area contributed by atoms with Crippen molar-refractivity contribution >= 4 is 17.4 Å². The molecule has 90 valence electrons. The van der Waals surface area contributed by atoms with Crippen LogP contribution in [0.1, 0.15) is 19.8 Å². The van der Waals surface area contributed by atoms with Gasteiger partial charge in [0.1, 0.15) is 22.8 Å². The number of amides is 1. The Labute approximate surface area is 96.8 Å². The van der Waals surface area contributed by atoms with Gasteiger partial charge in [-0.15, -0.1) is 0 Å². The number of anilines is 1. The van der Waals surface area contributed by atoms with E-state index in [4.69, 9.17) is 0 Å². The number of ketones is 1. The van der Waals surface area contributed by atoms with Gasteiger partial charge >= 0.3 is 0 Å². The normalized spacial score (nSPS) is 16.4. The molecule has 1 aliphatic carbocycles. The van der Waals surface area contributed by atoms with Crippen LogP contribution in [0, 0.1) is 17.0 Å². The maximum Gasteiger partial charge on any atom is 0.238 e. The van der Waals surface area contributed by atoms with E-state index in [1.54, 1.807) is 0 Å². The van der Waals surface area contributed by atoms with Crippen molar-refractivity contribution in [2.45, 2.75) is 19.8 Å². The van der Waals surface area contributed by atoms with E-state index in [-0.39, 0.29) is 11.5 Å². The highest BCUT2D eigenvalue weighted by Gasteiger charge is 2.54. The van der Waals surface area contributed by atoms with Gasteiger partial charge in [-0.1, -0.05) is 0 Å². The molecule has 1 N–H and O–H groups in total. The summed E-state index contributed by atoms with van der Waals surface area (Å²) in [6.45, 7) is 1.35. The lowest BCUT2D eigenvalue weighted by atomic mass is 10.0. The van der Waals surface area contributed by atoms with Crippen LogP contribution in [0.15, 0.2) is 18.2 Å². The summed E-state index contributed by atoms with van der Waals surface area (Å²) in [5.74, 6) is -2.25. The second-order valence-electron chi connectivity index (χ2n) is 4.25. The number of nitrogens with one attached hydrogen (secondary N) is 1. The number of hydrogen-bond donors (Lipinski definition) is 1. The predicted molar refractivity (Wildman–Crippen MR) is 57.3 cm³/mol. The second-order valence-corrected chi connectivity index (χ2v) is 4.25. The summed E-state index contributed by atoms with van der Waals surface area (Å²) in [5, 5.41) is 2.37. The molecule has 0 unspecified atom stereocenters. The van der Waals surface area contributed by atoms with Gasteiger partial charge in [0.2, 0.25) is 5.91 Å². The van der Waals surface area contributed by atoms with Crippen molar-refractivity contribution in [1.82, 2.24) is 0 Å². The Morgan fingerprint density at radius 2 is 1.71 bits per heavy atom. The van der Waals surface area contributed by atoms with Crippen LogP contribution in [0.5, 0.6) is 0 Å². The minimum absolute atomic E-state index is 0.0278. The standard InChI is InChI=1S/C12H11F2NO2/c1-7(16)12(2-3-12)11(17)15-10-5-8(13)4-9(14)6-10/h4-6H,2-3H2,1H3,(H,15,17). The number of Topliss-reactive ketones (excluding diaryl/α,β-unsaturated/α-hetero) is 1. The maximum atomic E-state index is 12.9. The van der Waals surface area contributed by atoms with Gasteiger partial charge in [0.25, 0.3) is 0 Å². The van der Waals surface area contributed by atoms with Gasteiger partial charge in [0, 0.05) is 11.8 Å². The first-order valence-corrected chi connectivity index (χ1v) is 5.23. The summed E-state index contributed by atoms with van der Waals surface area (Å²) >= 11 is 0. The second kappa shape index (κ2) is 3.91. The Bertz CT molecular complexity index is 475. The fourth-order valence-electron chi connectivity index (χ4n) is 1.74. The minimum atomic E-state index is -0.983. The molecule has 0 bridgehead atoms. The van der Waals surface area contributed by atoms with E-state index in [9.17, 15) is 18.4 Å². The summed E-state index contributed by atoms with van der Waals surface area (Å²) in [4.78, 5) is 23.1. The van der Waals surface area contributed by atoms with E-state index in [0.717, 1.165) is 12.1 Å². The van der Waals surface area contributed by atoms with Gasteiger partial charge in [0.05, 0.1) is 0 Å². The summed E-state index contributed by atoms with van der Waals surface area (Å²) in [7, 11) is 0. The molecule has 1 aliphatic rings. The minimum Gasteiger partial charge on any atom is -0.325 e. The molecule has 1 aromatic carbocycles. The molecule has 5 heteroatoms. The van der Waals surface area contributed by atoms with E-state index < -0.39 is 23.0 Å². The Kier molecular flexibility index (Phi) is 2.69. The van der Waals surface area contributed by atoms with Gasteiger partial charge in [-0.3, -0.25) is 9.59 Å². The Hall–Kier alpha value is -1.78. The summed E-state index contributed by atoms with van der Waals surface area (Å²) in [6.07, 6.45) is 0.984. The van der Waals surface area contributed by atoms with E-state index in [1.807, 2.05) is 0 Å². The van der Waals surface area contributed by atoms with Crippen molar-refractivity contribution in [2.24, 2.45) is 5.41 Å². The highest BCUT2D eigenvalue weighted by molar-refractivity contribution is 6.13. The number of hydrogen-bond acceptors (Lipinski definition) is 2. The molecule has 0 aromatic heterocycles. The lowest BCUT2D eigenvalue weighted by Gasteiger charge is -2.12. The average molecular weight is 239 g/mol. The molecule has 1 aromatic rings. The van der Waals surface area contributed by atoms with Crippen LogP contribution in [0.3, 0.4) is 0 Å². The van der Waals surface area contributed by atoms with Crippen molar-refractivity contribution < 1.29 is 18.4 Å². The smallest absolute Gasteiger partial charge is 0.238 e. The Morgan fingerprint density at radius 3 is 2.12 bits per heavy atom. The topological polar surface area (TPSA) is 46.2 Å². The van der Waals surface area contributed by atoms with Crippen molar-refractivity contribution in [2.75, 3.05) is 5.32 Å². The first-order chi connectivity index (χ1) is 7.94. The van der Waals surface area contributed by atoms with Crippen LogP contribution < -0.4 is 5.32 Å². The first kappa shape index (κ1) is 11.7. The highest BCUT2D eigenvalue weighted by atomic mass is 19.1. The SMILES string of the molecule is CC(=O)C1(C(=O)Nc2cc(F)cc(F)c2)CC1. The molecular formula is C12H11F2NO2. The monoisotopic (exact) mass is 239 g/mol. The van der Waals surface area contributed by atoms with Crippen LogP contribution in [0.2, 0.25) is 0 Å². The predicted octanol–water partition coefficient (Wildman–Crippen LogP) is 2.27. The third kappa shape index (κ3) is 2.18. The van der Waals surface area contributed by atoms with Crippen molar-refractivity contribution in [3.63, 3.8) is 0 Å². The Balaban J connectivity index is 2.16. The van der Waals surface area contributed by atoms with Crippen LogP contribution in [0.4, 0.5) is 14.5 Å². The maximum absolute atomic E-state index is 12.9. The molecule has 3 nitrogen and oxygen atoms in total. The average Bonchev–Trinajstić information content (AvgIpc) is 2.95. The molecule has 1 amide bonds. The molecule has 0 spiro atoms. The Morgan fingerprint density at radius 1 is 1.18 bits per heavy atom. The summed E-state index contributed by atoms with van der Waals surface area (Å²) < 4.78 is 25.8. The molecule has 1 fully saturated rings. The summed E-state index contributed by atoms with van der Waals surface area (Å²) in [5.41, 5.74) is -0.956. The van der Waals surface area contributed by atoms with Crippen molar-refractivity contribution in [1.29, 1.82) is 0 Å². The lowest BCUT2D eigenvalue weighted by molar-refractivity contribution is -0.131. The van der Waals surface area contributed by atoms with Crippen LogP contribution in [-0.4, -0.2) is 11.7 Å². The summed E-state index contributed by atoms with van der Waals surface area (Å²) in [6, 6.07) is 2.74. The van der Waals surface area contributed by atoms with E-state index in [1.165, 1.54) is 6.92 Å². The fraction of sp³-hybridized carbons (Fsp3) is 0.333. The van der Waals surface area contributed by atoms with E-state index >= 15 is 0 Å². The highest BCUT2D eigenvalue weighted by Crippen LogP contribution is 2.47. The molecule has 0 heterocycles. The van der Waals surface area contributed by atoms with Gasteiger partial charge < -0.3 is 5.32 Å². The number of rotatable bonds is 3. The van der Waals surface area contributed by atoms with Gasteiger partial charge in [-0.25, -0.2) is 8.78 Å². The van der Waals surface area contributed by atoms with E-state index in [2.05, 4.69) is 5.32 Å². The number of halogens is 2. The molecule has 0 atom stereocenters. The molecule has 2 rings (SSSR count). The molecule has 0 radical (unpaired) electrons. The van der Waals surface area contributed by atoms with Crippen LogP contribution in [0.25, 0.3) is 0 Å². The van der Waals surface area contributed by atoms with Crippen molar-refractivity contribution in [3.8, 4) is 0 Å². The number of carbonyl (C=O) groups is 2. The van der Waals surface area contributed by atoms with Gasteiger partial charge in [0.15, 0.2) is 0 Å². The third-order valence-electron chi connectivity index (χ3n) is 2.98. The third-order valence-corrected chi connectivity index (χ3v) is 2.98. The number of carbonyl (C=O) groups excluding carboxylic acids is 2. The van der Waals surface area contributed by atoms with Crippen LogP contribution >= 0.6 is 0 Å². The zero-order valence-corrected chi connectivity index (χ0v) is 9.22. The number of benzene rings is 1. The largest absolute Gasteiger partial charge is 0.325 e. The first-order valence-electron chi connectivity index (χ1n) is 5.23. The van der Waals surface area contributed by atoms with Gasteiger partial charge in [-0.2, -0.15) is 0 Å². The fourth-order valence-corrected chi connectivity index (χ4v) is 1.74. The quantitative estimate of drug-likeness (QED) is 0.822. The molecule has 0 aliphatic heterocycles. The molecular weight excluding hydrogens is 228 g/mol. The van der Waals surface area contributed by atoms with Crippen molar-refractivity contribution in [3.05, 3.63) is 29.8 Å². The zero-order valence-electron chi connectivity index (χ0n) is 9.22. The molecule has 17 heavy (non-hydrogen) atoms. The lowest BCUT2D eigenvalue weighted by Crippen LogP contribution is -2.29. The molecule has 0 saturated heterocycles.